The van der Waals surface area contributed by atoms with E-state index in [1.165, 1.54) is 23.2 Å². The number of pyridine rings is 1. The van der Waals surface area contributed by atoms with E-state index in [1.54, 1.807) is 25.3 Å². The maximum atomic E-state index is 12.8. The van der Waals surface area contributed by atoms with Crippen LogP contribution in [0, 0.1) is 6.92 Å². The molecule has 2 aromatic heterocycles. The summed E-state index contributed by atoms with van der Waals surface area (Å²) in [6, 6.07) is 11.1. The van der Waals surface area contributed by atoms with Crippen molar-refractivity contribution in [1.82, 2.24) is 20.8 Å². The molecule has 3 amide bonds. The molecular weight excluding hydrogens is 430 g/mol. The molecule has 2 N–H and O–H groups in total. The average molecular weight is 452 g/mol. The van der Waals surface area contributed by atoms with Gasteiger partial charge in [-0.15, -0.1) is 11.3 Å². The van der Waals surface area contributed by atoms with E-state index in [2.05, 4.69) is 15.8 Å². The standard InChI is InChI=1S/C22H21N5O4S/c1-12-22(30)27(11-19(29)26-25-14(3)28)17-10-15(7-8-18(17)31-12)20-13(2)32-21(24-20)16-6-4-5-9-23-16/h4-10,12H,11H2,1-3H3,(H,25,28)(H,26,29). The number of carbonyl (C=O) groups is 3. The lowest BCUT2D eigenvalue weighted by atomic mass is 10.1. The van der Waals surface area contributed by atoms with Gasteiger partial charge in [0.1, 0.15) is 17.3 Å². The number of amides is 3. The number of benzene rings is 1. The number of carbonyl (C=O) groups excluding carboxylic acids is 3. The Bertz CT molecular complexity index is 1190. The Balaban J connectivity index is 1.68. The predicted octanol–water partition coefficient (Wildman–Crippen LogP) is 2.46. The van der Waals surface area contributed by atoms with Gasteiger partial charge >= 0.3 is 0 Å². The number of fused-ring (bicyclic) bond motifs is 1. The van der Waals surface area contributed by atoms with Gasteiger partial charge in [0.2, 0.25) is 5.91 Å². The molecule has 164 valence electrons. The number of rotatable bonds is 4. The summed E-state index contributed by atoms with van der Waals surface area (Å²) in [6.07, 6.45) is 0.984. The summed E-state index contributed by atoms with van der Waals surface area (Å²) >= 11 is 1.53. The Morgan fingerprint density at radius 3 is 2.75 bits per heavy atom. The second-order valence-corrected chi connectivity index (χ2v) is 8.44. The van der Waals surface area contributed by atoms with Gasteiger partial charge in [0.25, 0.3) is 11.8 Å². The highest BCUT2D eigenvalue weighted by Crippen LogP contribution is 2.39. The zero-order chi connectivity index (χ0) is 22.8. The van der Waals surface area contributed by atoms with Crippen LogP contribution in [-0.2, 0) is 14.4 Å². The van der Waals surface area contributed by atoms with Crippen LogP contribution in [0.1, 0.15) is 18.7 Å². The number of aromatic nitrogens is 2. The molecule has 3 heterocycles. The minimum absolute atomic E-state index is 0.265. The third-order valence-corrected chi connectivity index (χ3v) is 5.79. The maximum absolute atomic E-state index is 12.8. The molecule has 1 aliphatic heterocycles. The summed E-state index contributed by atoms with van der Waals surface area (Å²) in [6.45, 7) is 4.61. The summed E-state index contributed by atoms with van der Waals surface area (Å²) in [5.74, 6) is -0.797. The number of aryl methyl sites for hydroxylation is 1. The Hall–Kier alpha value is -3.79. The minimum atomic E-state index is -0.737. The number of ether oxygens (including phenoxy) is 1. The van der Waals surface area contributed by atoms with Gasteiger partial charge in [0.15, 0.2) is 6.10 Å². The Labute approximate surface area is 188 Å². The first-order valence-corrected chi connectivity index (χ1v) is 10.7. The van der Waals surface area contributed by atoms with Gasteiger partial charge in [0, 0.05) is 23.6 Å². The third kappa shape index (κ3) is 4.30. The third-order valence-electron chi connectivity index (χ3n) is 4.80. The Morgan fingerprint density at radius 1 is 1.22 bits per heavy atom. The van der Waals surface area contributed by atoms with E-state index in [0.717, 1.165) is 26.8 Å². The highest BCUT2D eigenvalue weighted by molar-refractivity contribution is 7.15. The van der Waals surface area contributed by atoms with Crippen LogP contribution in [0.4, 0.5) is 5.69 Å². The second kappa shape index (κ2) is 8.75. The van der Waals surface area contributed by atoms with Crippen LogP contribution < -0.4 is 20.5 Å². The van der Waals surface area contributed by atoms with Crippen LogP contribution in [0.3, 0.4) is 0 Å². The lowest BCUT2D eigenvalue weighted by Crippen LogP contribution is -2.51. The Kier molecular flexibility index (Phi) is 5.87. The molecule has 1 atom stereocenters. The lowest BCUT2D eigenvalue weighted by Gasteiger charge is -2.32. The topological polar surface area (TPSA) is 114 Å². The van der Waals surface area contributed by atoms with Crippen LogP contribution in [0.25, 0.3) is 22.0 Å². The zero-order valence-corrected chi connectivity index (χ0v) is 18.5. The summed E-state index contributed by atoms with van der Waals surface area (Å²) in [5.41, 5.74) is 7.32. The van der Waals surface area contributed by atoms with Crippen molar-refractivity contribution in [1.29, 1.82) is 0 Å². The van der Waals surface area contributed by atoms with E-state index in [4.69, 9.17) is 9.72 Å². The fourth-order valence-corrected chi connectivity index (χ4v) is 4.23. The van der Waals surface area contributed by atoms with Crippen LogP contribution in [0.5, 0.6) is 5.75 Å². The molecule has 0 spiro atoms. The molecule has 0 fully saturated rings. The van der Waals surface area contributed by atoms with Crippen molar-refractivity contribution in [2.24, 2.45) is 0 Å². The van der Waals surface area contributed by atoms with E-state index < -0.39 is 17.9 Å². The monoisotopic (exact) mass is 451 g/mol. The molecule has 0 radical (unpaired) electrons. The van der Waals surface area contributed by atoms with Gasteiger partial charge in [-0.25, -0.2) is 4.98 Å². The molecule has 0 aliphatic carbocycles. The van der Waals surface area contributed by atoms with Crippen molar-refractivity contribution < 1.29 is 19.1 Å². The zero-order valence-electron chi connectivity index (χ0n) is 17.7. The SMILES string of the molecule is CC(=O)NNC(=O)CN1C(=O)C(C)Oc2ccc(-c3nc(-c4ccccn4)sc3C)cc21. The predicted molar refractivity (Wildman–Crippen MR) is 120 cm³/mol. The van der Waals surface area contributed by atoms with Gasteiger partial charge in [-0.3, -0.25) is 35.1 Å². The van der Waals surface area contributed by atoms with E-state index in [9.17, 15) is 14.4 Å². The molecule has 0 bridgehead atoms. The highest BCUT2D eigenvalue weighted by Gasteiger charge is 2.33. The first-order valence-electron chi connectivity index (χ1n) is 9.90. The summed E-state index contributed by atoms with van der Waals surface area (Å²) in [4.78, 5) is 47.6. The quantitative estimate of drug-likeness (QED) is 0.589. The number of anilines is 1. The maximum Gasteiger partial charge on any atom is 0.268 e. The molecule has 0 saturated heterocycles. The summed E-state index contributed by atoms with van der Waals surface area (Å²) in [5, 5.41) is 0.795. The van der Waals surface area contributed by atoms with Gasteiger partial charge in [-0.05, 0) is 44.2 Å². The van der Waals surface area contributed by atoms with Crippen molar-refractivity contribution in [3.05, 3.63) is 47.5 Å². The number of hydrazine groups is 1. The fourth-order valence-electron chi connectivity index (χ4n) is 3.32. The van der Waals surface area contributed by atoms with E-state index in [1.807, 2.05) is 31.2 Å². The first-order chi connectivity index (χ1) is 15.3. The molecule has 3 aromatic rings. The van der Waals surface area contributed by atoms with E-state index in [-0.39, 0.29) is 12.5 Å². The normalized spacial score (nSPS) is 15.0. The van der Waals surface area contributed by atoms with Gasteiger partial charge in [-0.2, -0.15) is 0 Å². The van der Waals surface area contributed by atoms with Crippen molar-refractivity contribution >= 4 is 34.7 Å². The van der Waals surface area contributed by atoms with E-state index in [0.29, 0.717) is 11.4 Å². The van der Waals surface area contributed by atoms with E-state index >= 15 is 0 Å². The van der Waals surface area contributed by atoms with Gasteiger partial charge in [-0.1, -0.05) is 6.07 Å². The number of thiazole rings is 1. The molecule has 10 heteroatoms. The van der Waals surface area contributed by atoms with Crippen LogP contribution in [-0.4, -0.2) is 40.3 Å². The van der Waals surface area contributed by atoms with Crippen LogP contribution >= 0.6 is 11.3 Å². The number of hydrogen-bond acceptors (Lipinski definition) is 7. The fraction of sp³-hybridized carbons (Fsp3) is 0.227. The number of nitrogens with zero attached hydrogens (tertiary/aromatic N) is 3. The largest absolute Gasteiger partial charge is 0.479 e. The summed E-state index contributed by atoms with van der Waals surface area (Å²) < 4.78 is 5.73. The minimum Gasteiger partial charge on any atom is -0.479 e. The molecular formula is C22H21N5O4S. The van der Waals surface area contributed by atoms with Crippen molar-refractivity contribution in [2.45, 2.75) is 26.9 Å². The molecule has 9 nitrogen and oxygen atoms in total. The highest BCUT2D eigenvalue weighted by atomic mass is 32.1. The van der Waals surface area contributed by atoms with Gasteiger partial charge in [0.05, 0.1) is 17.1 Å². The second-order valence-electron chi connectivity index (χ2n) is 7.24. The van der Waals surface area contributed by atoms with Crippen molar-refractivity contribution in [2.75, 3.05) is 11.4 Å². The lowest BCUT2D eigenvalue weighted by molar-refractivity contribution is -0.129. The smallest absolute Gasteiger partial charge is 0.268 e. The van der Waals surface area contributed by atoms with Crippen molar-refractivity contribution in [3.8, 4) is 27.7 Å². The van der Waals surface area contributed by atoms with Crippen LogP contribution in [0.15, 0.2) is 42.6 Å². The number of hydrogen-bond donors (Lipinski definition) is 2. The molecule has 0 saturated carbocycles. The molecule has 1 aliphatic rings. The molecule has 4 rings (SSSR count). The van der Waals surface area contributed by atoms with Crippen LogP contribution in [0.2, 0.25) is 0 Å². The first kappa shape index (κ1) is 21.4. The number of nitrogens with one attached hydrogen (secondary N) is 2. The Morgan fingerprint density at radius 2 is 2.03 bits per heavy atom. The molecule has 32 heavy (non-hydrogen) atoms. The molecule has 1 unspecified atom stereocenters. The summed E-state index contributed by atoms with van der Waals surface area (Å²) in [7, 11) is 0. The van der Waals surface area contributed by atoms with Gasteiger partial charge < -0.3 is 4.74 Å². The van der Waals surface area contributed by atoms with Crippen molar-refractivity contribution in [3.63, 3.8) is 0 Å². The molecule has 1 aromatic carbocycles. The average Bonchev–Trinajstić information content (AvgIpc) is 3.17.